The Labute approximate surface area is 110 Å². The van der Waals surface area contributed by atoms with E-state index < -0.39 is 0 Å². The van der Waals surface area contributed by atoms with Crippen LogP contribution in [0.3, 0.4) is 0 Å². The molecule has 18 heavy (non-hydrogen) atoms. The van der Waals surface area contributed by atoms with Crippen molar-refractivity contribution in [3.63, 3.8) is 0 Å². The van der Waals surface area contributed by atoms with Crippen LogP contribution in [-0.2, 0) is 13.1 Å². The van der Waals surface area contributed by atoms with Gasteiger partial charge in [-0.1, -0.05) is 26.0 Å². The van der Waals surface area contributed by atoms with Crippen LogP contribution < -0.4 is 5.32 Å². The van der Waals surface area contributed by atoms with E-state index in [1.54, 1.807) is 0 Å². The smallest absolute Gasteiger partial charge is 0.0964 e. The van der Waals surface area contributed by atoms with Crippen molar-refractivity contribution in [3.8, 4) is 0 Å². The average molecular weight is 251 g/mol. The number of hydrogen-bond acceptors (Lipinski definition) is 4. The fourth-order valence-electron chi connectivity index (χ4n) is 2.46. The second-order valence-electron chi connectivity index (χ2n) is 5.47. The molecule has 1 aliphatic rings. The summed E-state index contributed by atoms with van der Waals surface area (Å²) in [7, 11) is 0. The lowest BCUT2D eigenvalue weighted by atomic mass is 10.0. The quantitative estimate of drug-likeness (QED) is 0.818. The Kier molecular flexibility index (Phi) is 4.72. The molecule has 1 fully saturated rings. The van der Waals surface area contributed by atoms with E-state index in [2.05, 4.69) is 41.3 Å². The van der Waals surface area contributed by atoms with Gasteiger partial charge >= 0.3 is 0 Å². The highest BCUT2D eigenvalue weighted by Crippen LogP contribution is 2.21. The van der Waals surface area contributed by atoms with Gasteiger partial charge in [0.05, 0.1) is 12.2 Å². The normalized spacial score (nSPS) is 24.8. The van der Waals surface area contributed by atoms with Crippen molar-refractivity contribution < 1.29 is 0 Å². The van der Waals surface area contributed by atoms with Gasteiger partial charge in [-0.25, -0.2) is 0 Å². The Bertz CT molecular complexity index is 352. The third-order valence-corrected chi connectivity index (χ3v) is 3.85. The first-order valence-corrected chi connectivity index (χ1v) is 7.01. The molecular formula is C13H25N5. The minimum Gasteiger partial charge on any atom is -0.311 e. The lowest BCUT2D eigenvalue weighted by Gasteiger charge is -2.14. The summed E-state index contributed by atoms with van der Waals surface area (Å²) in [4.78, 5) is 2.53. The number of nitrogens with one attached hydrogen (secondary N) is 1. The minimum atomic E-state index is 0.814. The van der Waals surface area contributed by atoms with Gasteiger partial charge in [0.1, 0.15) is 0 Å². The first kappa shape index (κ1) is 13.5. The van der Waals surface area contributed by atoms with Gasteiger partial charge in [-0.05, 0) is 18.4 Å². The third-order valence-electron chi connectivity index (χ3n) is 3.85. The molecule has 0 saturated carbocycles. The molecule has 5 nitrogen and oxygen atoms in total. The first-order chi connectivity index (χ1) is 8.69. The van der Waals surface area contributed by atoms with Gasteiger partial charge in [0, 0.05) is 32.4 Å². The highest BCUT2D eigenvalue weighted by atomic mass is 15.4. The zero-order valence-corrected chi connectivity index (χ0v) is 11.8. The van der Waals surface area contributed by atoms with Crippen LogP contribution in [0, 0.1) is 11.8 Å². The summed E-state index contributed by atoms with van der Waals surface area (Å²) in [6, 6.07) is 0. The van der Waals surface area contributed by atoms with Crippen molar-refractivity contribution in [2.75, 3.05) is 26.2 Å². The summed E-state index contributed by atoms with van der Waals surface area (Å²) in [5.41, 5.74) is 1.03. The average Bonchev–Trinajstić information content (AvgIpc) is 2.92. The number of aromatic nitrogens is 3. The maximum atomic E-state index is 4.17. The van der Waals surface area contributed by atoms with Gasteiger partial charge in [-0.15, -0.1) is 5.10 Å². The predicted molar refractivity (Wildman–Crippen MR) is 72.2 cm³/mol. The molecule has 0 aliphatic carbocycles. The van der Waals surface area contributed by atoms with Crippen LogP contribution >= 0.6 is 0 Å². The van der Waals surface area contributed by atoms with Crippen molar-refractivity contribution in [2.24, 2.45) is 11.8 Å². The van der Waals surface area contributed by atoms with Crippen molar-refractivity contribution in [1.82, 2.24) is 25.2 Å². The first-order valence-electron chi connectivity index (χ1n) is 7.01. The van der Waals surface area contributed by atoms with E-state index in [1.165, 1.54) is 13.1 Å². The summed E-state index contributed by atoms with van der Waals surface area (Å²) < 4.78 is 1.96. The lowest BCUT2D eigenvalue weighted by molar-refractivity contribution is 0.301. The van der Waals surface area contributed by atoms with Gasteiger partial charge in [0.2, 0.25) is 0 Å². The largest absolute Gasteiger partial charge is 0.311 e. The molecule has 0 aromatic carbocycles. The van der Waals surface area contributed by atoms with Crippen LogP contribution in [0.25, 0.3) is 0 Å². The predicted octanol–water partition coefficient (Wildman–Crippen LogP) is 0.975. The second kappa shape index (κ2) is 6.29. The van der Waals surface area contributed by atoms with Crippen LogP contribution in [0.1, 0.15) is 26.5 Å². The molecule has 2 heterocycles. The Balaban J connectivity index is 1.75. The highest BCUT2D eigenvalue weighted by Gasteiger charge is 2.25. The SMILES string of the molecule is CCNCc1cn(CCN2CC(C)C(C)C2)nn1. The lowest BCUT2D eigenvalue weighted by Crippen LogP contribution is -2.25. The van der Waals surface area contributed by atoms with E-state index in [0.717, 1.165) is 43.7 Å². The molecule has 0 radical (unpaired) electrons. The topological polar surface area (TPSA) is 46.0 Å². The molecule has 1 aromatic rings. The van der Waals surface area contributed by atoms with Gasteiger partial charge in [-0.3, -0.25) is 4.68 Å². The highest BCUT2D eigenvalue weighted by molar-refractivity contribution is 4.91. The molecule has 1 N–H and O–H groups in total. The minimum absolute atomic E-state index is 0.814. The van der Waals surface area contributed by atoms with Crippen molar-refractivity contribution in [2.45, 2.75) is 33.9 Å². The number of rotatable bonds is 6. The molecule has 2 atom stereocenters. The molecule has 2 rings (SSSR count). The van der Waals surface area contributed by atoms with E-state index in [4.69, 9.17) is 0 Å². The molecular weight excluding hydrogens is 226 g/mol. The summed E-state index contributed by atoms with van der Waals surface area (Å²) in [5.74, 6) is 1.65. The molecule has 1 aliphatic heterocycles. The summed E-state index contributed by atoms with van der Waals surface area (Å²) in [5, 5.41) is 11.6. The molecule has 102 valence electrons. The molecule has 2 unspecified atom stereocenters. The van der Waals surface area contributed by atoms with Crippen LogP contribution in [0.4, 0.5) is 0 Å². The molecule has 1 aromatic heterocycles. The molecule has 0 spiro atoms. The summed E-state index contributed by atoms with van der Waals surface area (Å²) in [6.07, 6.45) is 2.05. The number of hydrogen-bond donors (Lipinski definition) is 1. The Morgan fingerprint density at radius 3 is 2.67 bits per heavy atom. The fourth-order valence-corrected chi connectivity index (χ4v) is 2.46. The monoisotopic (exact) mass is 251 g/mol. The summed E-state index contributed by atoms with van der Waals surface area (Å²) in [6.45, 7) is 13.0. The van der Waals surface area contributed by atoms with Crippen LogP contribution in [0.5, 0.6) is 0 Å². The van der Waals surface area contributed by atoms with E-state index in [-0.39, 0.29) is 0 Å². The zero-order valence-electron chi connectivity index (χ0n) is 11.8. The van der Waals surface area contributed by atoms with Crippen molar-refractivity contribution in [3.05, 3.63) is 11.9 Å². The second-order valence-corrected chi connectivity index (χ2v) is 5.47. The van der Waals surface area contributed by atoms with Gasteiger partial charge < -0.3 is 10.2 Å². The van der Waals surface area contributed by atoms with Crippen LogP contribution in [-0.4, -0.2) is 46.1 Å². The van der Waals surface area contributed by atoms with E-state index in [0.29, 0.717) is 0 Å². The molecule has 0 bridgehead atoms. The zero-order chi connectivity index (χ0) is 13.0. The standard InChI is InChI=1S/C13H25N5/c1-4-14-7-13-10-18(16-15-13)6-5-17-8-11(2)12(3)9-17/h10-12,14H,4-9H2,1-3H3. The number of likely N-dealkylation sites (tertiary alicyclic amines) is 1. The van der Waals surface area contributed by atoms with E-state index in [1.807, 2.05) is 10.9 Å². The Hall–Kier alpha value is -0.940. The molecule has 1 saturated heterocycles. The van der Waals surface area contributed by atoms with E-state index in [9.17, 15) is 0 Å². The van der Waals surface area contributed by atoms with Crippen molar-refractivity contribution in [1.29, 1.82) is 0 Å². The third kappa shape index (κ3) is 3.53. The van der Waals surface area contributed by atoms with Gasteiger partial charge in [0.25, 0.3) is 0 Å². The van der Waals surface area contributed by atoms with Crippen LogP contribution in [0.15, 0.2) is 6.20 Å². The van der Waals surface area contributed by atoms with Crippen LogP contribution in [0.2, 0.25) is 0 Å². The maximum absolute atomic E-state index is 4.17. The maximum Gasteiger partial charge on any atom is 0.0964 e. The Morgan fingerprint density at radius 1 is 1.28 bits per heavy atom. The van der Waals surface area contributed by atoms with Gasteiger partial charge in [-0.2, -0.15) is 0 Å². The molecule has 5 heteroatoms. The Morgan fingerprint density at radius 2 is 2.00 bits per heavy atom. The van der Waals surface area contributed by atoms with E-state index >= 15 is 0 Å². The number of nitrogens with zero attached hydrogens (tertiary/aromatic N) is 4. The fraction of sp³-hybridized carbons (Fsp3) is 0.846. The van der Waals surface area contributed by atoms with Crippen molar-refractivity contribution >= 4 is 0 Å². The van der Waals surface area contributed by atoms with Gasteiger partial charge in [0.15, 0.2) is 0 Å². The summed E-state index contributed by atoms with van der Waals surface area (Å²) >= 11 is 0. The molecule has 0 amide bonds.